The standard InChI is InChI=1S/C28H32FN3O/c29-25-11-13-26(14-12-25)30-28(33)31-27(24-9-5-2-6-10-24)17-20-32-18-15-23(16-19-32)21-22-7-3-1-4-8-22/h1-14,23,27H,15-21H2,(H2,30,31,33). The molecule has 33 heavy (non-hydrogen) atoms. The maximum atomic E-state index is 13.1. The van der Waals surface area contributed by atoms with Crippen molar-refractivity contribution >= 4 is 11.7 Å². The van der Waals surface area contributed by atoms with Gasteiger partial charge in [-0.3, -0.25) is 0 Å². The second kappa shape index (κ2) is 11.6. The Morgan fingerprint density at radius 2 is 1.55 bits per heavy atom. The van der Waals surface area contributed by atoms with Gasteiger partial charge in [0.05, 0.1) is 6.04 Å². The maximum absolute atomic E-state index is 13.1. The minimum absolute atomic E-state index is 0.0892. The number of likely N-dealkylation sites (tertiary alicyclic amines) is 1. The van der Waals surface area contributed by atoms with Gasteiger partial charge < -0.3 is 15.5 Å². The van der Waals surface area contributed by atoms with Crippen molar-refractivity contribution in [3.8, 4) is 0 Å². The zero-order valence-electron chi connectivity index (χ0n) is 18.9. The predicted octanol–water partition coefficient (Wildman–Crippen LogP) is 6.03. The number of halogens is 1. The summed E-state index contributed by atoms with van der Waals surface area (Å²) in [6, 6.07) is 26.3. The number of nitrogens with one attached hydrogen (secondary N) is 2. The van der Waals surface area contributed by atoms with E-state index in [-0.39, 0.29) is 17.9 Å². The van der Waals surface area contributed by atoms with E-state index in [2.05, 4.69) is 58.0 Å². The molecule has 1 aliphatic rings. The lowest BCUT2D eigenvalue weighted by atomic mass is 9.90. The number of hydrogen-bond acceptors (Lipinski definition) is 2. The molecule has 2 amide bonds. The van der Waals surface area contributed by atoms with E-state index in [9.17, 15) is 9.18 Å². The Hall–Kier alpha value is -3.18. The molecular formula is C28H32FN3O. The fourth-order valence-electron chi connectivity index (χ4n) is 4.54. The van der Waals surface area contributed by atoms with Crippen molar-refractivity contribution in [3.05, 3.63) is 102 Å². The highest BCUT2D eigenvalue weighted by molar-refractivity contribution is 5.89. The van der Waals surface area contributed by atoms with Gasteiger partial charge in [-0.2, -0.15) is 0 Å². The zero-order valence-corrected chi connectivity index (χ0v) is 18.9. The van der Waals surface area contributed by atoms with Crippen LogP contribution in [-0.4, -0.2) is 30.6 Å². The average molecular weight is 446 g/mol. The highest BCUT2D eigenvalue weighted by atomic mass is 19.1. The first-order valence-electron chi connectivity index (χ1n) is 11.8. The summed E-state index contributed by atoms with van der Waals surface area (Å²) in [6.07, 6.45) is 4.42. The molecule has 1 fully saturated rings. The van der Waals surface area contributed by atoms with Gasteiger partial charge in [-0.15, -0.1) is 0 Å². The second-order valence-electron chi connectivity index (χ2n) is 8.83. The van der Waals surface area contributed by atoms with E-state index in [4.69, 9.17) is 0 Å². The summed E-state index contributed by atoms with van der Waals surface area (Å²) in [5.74, 6) is 0.420. The van der Waals surface area contributed by atoms with Gasteiger partial charge in [0.15, 0.2) is 0 Å². The SMILES string of the molecule is O=C(Nc1ccc(F)cc1)NC(CCN1CCC(Cc2ccccc2)CC1)c1ccccc1. The molecule has 4 rings (SSSR count). The predicted molar refractivity (Wildman–Crippen MR) is 132 cm³/mol. The smallest absolute Gasteiger partial charge is 0.319 e. The van der Waals surface area contributed by atoms with Crippen LogP contribution in [-0.2, 0) is 6.42 Å². The van der Waals surface area contributed by atoms with Crippen molar-refractivity contribution in [2.24, 2.45) is 5.92 Å². The topological polar surface area (TPSA) is 44.4 Å². The molecule has 5 heteroatoms. The summed E-state index contributed by atoms with van der Waals surface area (Å²) in [5, 5.41) is 5.91. The number of hydrogen-bond donors (Lipinski definition) is 2. The van der Waals surface area contributed by atoms with Crippen LogP contribution in [0.3, 0.4) is 0 Å². The third-order valence-electron chi connectivity index (χ3n) is 6.42. The van der Waals surface area contributed by atoms with Crippen LogP contribution in [0.25, 0.3) is 0 Å². The number of carbonyl (C=O) groups is 1. The van der Waals surface area contributed by atoms with Crippen LogP contribution in [0.1, 0.15) is 36.4 Å². The molecule has 1 heterocycles. The lowest BCUT2D eigenvalue weighted by Crippen LogP contribution is -2.38. The molecule has 1 atom stereocenters. The van der Waals surface area contributed by atoms with Crippen molar-refractivity contribution in [2.45, 2.75) is 31.7 Å². The van der Waals surface area contributed by atoms with E-state index >= 15 is 0 Å². The van der Waals surface area contributed by atoms with E-state index in [1.54, 1.807) is 12.1 Å². The van der Waals surface area contributed by atoms with Crippen LogP contribution in [0, 0.1) is 11.7 Å². The quantitative estimate of drug-likeness (QED) is 0.444. The summed E-state index contributed by atoms with van der Waals surface area (Å²) < 4.78 is 13.1. The van der Waals surface area contributed by atoms with Gasteiger partial charge in [0.25, 0.3) is 0 Å². The Labute approximate surface area is 195 Å². The highest BCUT2D eigenvalue weighted by Crippen LogP contribution is 2.24. The molecule has 0 radical (unpaired) electrons. The number of amides is 2. The average Bonchev–Trinajstić information content (AvgIpc) is 2.85. The molecule has 0 spiro atoms. The largest absolute Gasteiger partial charge is 0.331 e. The number of anilines is 1. The van der Waals surface area contributed by atoms with E-state index in [0.29, 0.717) is 5.69 Å². The van der Waals surface area contributed by atoms with Gasteiger partial charge in [-0.25, -0.2) is 9.18 Å². The van der Waals surface area contributed by atoms with Crippen molar-refractivity contribution in [1.82, 2.24) is 10.2 Å². The molecule has 0 aromatic heterocycles. The number of carbonyl (C=O) groups excluding carboxylic acids is 1. The summed E-state index contributed by atoms with van der Waals surface area (Å²) in [5.41, 5.74) is 3.09. The summed E-state index contributed by atoms with van der Waals surface area (Å²) >= 11 is 0. The molecule has 3 aromatic carbocycles. The summed E-state index contributed by atoms with van der Waals surface area (Å²) in [7, 11) is 0. The van der Waals surface area contributed by atoms with Crippen LogP contribution in [0.15, 0.2) is 84.9 Å². The fourth-order valence-corrected chi connectivity index (χ4v) is 4.54. The van der Waals surface area contributed by atoms with E-state index < -0.39 is 0 Å². The molecule has 2 N–H and O–H groups in total. The minimum Gasteiger partial charge on any atom is -0.331 e. The normalized spacial score (nSPS) is 15.7. The van der Waals surface area contributed by atoms with Crippen LogP contribution in [0.5, 0.6) is 0 Å². The number of piperidine rings is 1. The van der Waals surface area contributed by atoms with Crippen LogP contribution < -0.4 is 10.6 Å². The first-order chi connectivity index (χ1) is 16.2. The van der Waals surface area contributed by atoms with Gasteiger partial charge in [-0.1, -0.05) is 60.7 Å². The Morgan fingerprint density at radius 1 is 0.909 bits per heavy atom. The molecule has 3 aromatic rings. The molecule has 1 aliphatic heterocycles. The fraction of sp³-hybridized carbons (Fsp3) is 0.321. The first-order valence-corrected chi connectivity index (χ1v) is 11.8. The van der Waals surface area contributed by atoms with Crippen molar-refractivity contribution in [3.63, 3.8) is 0 Å². The van der Waals surface area contributed by atoms with E-state index in [0.717, 1.165) is 44.0 Å². The number of rotatable bonds is 8. The minimum atomic E-state index is -0.323. The molecule has 1 unspecified atom stereocenters. The lowest BCUT2D eigenvalue weighted by Gasteiger charge is -2.33. The third kappa shape index (κ3) is 7.16. The van der Waals surface area contributed by atoms with Crippen molar-refractivity contribution in [2.75, 3.05) is 25.0 Å². The number of nitrogens with zero attached hydrogens (tertiary/aromatic N) is 1. The zero-order chi connectivity index (χ0) is 22.9. The van der Waals surface area contributed by atoms with Gasteiger partial charge in [0, 0.05) is 12.2 Å². The highest BCUT2D eigenvalue weighted by Gasteiger charge is 2.21. The Balaban J connectivity index is 1.29. The van der Waals surface area contributed by atoms with E-state index in [1.807, 2.05) is 18.2 Å². The van der Waals surface area contributed by atoms with Crippen LogP contribution in [0.4, 0.5) is 14.9 Å². The van der Waals surface area contributed by atoms with Crippen molar-refractivity contribution in [1.29, 1.82) is 0 Å². The van der Waals surface area contributed by atoms with Gasteiger partial charge in [0.2, 0.25) is 0 Å². The van der Waals surface area contributed by atoms with Crippen LogP contribution in [0.2, 0.25) is 0 Å². The molecule has 0 bridgehead atoms. The maximum Gasteiger partial charge on any atom is 0.319 e. The van der Waals surface area contributed by atoms with Gasteiger partial charge in [-0.05, 0) is 80.1 Å². The number of benzene rings is 3. The Kier molecular flexibility index (Phi) is 8.09. The van der Waals surface area contributed by atoms with Gasteiger partial charge in [0.1, 0.15) is 5.82 Å². The molecule has 172 valence electrons. The summed E-state index contributed by atoms with van der Waals surface area (Å²) in [4.78, 5) is 15.1. The Bertz CT molecular complexity index is 987. The number of urea groups is 1. The molecular weight excluding hydrogens is 413 g/mol. The molecule has 1 saturated heterocycles. The lowest BCUT2D eigenvalue weighted by molar-refractivity contribution is 0.176. The van der Waals surface area contributed by atoms with E-state index in [1.165, 1.54) is 30.5 Å². The second-order valence-corrected chi connectivity index (χ2v) is 8.83. The molecule has 0 saturated carbocycles. The molecule has 4 nitrogen and oxygen atoms in total. The van der Waals surface area contributed by atoms with Crippen molar-refractivity contribution < 1.29 is 9.18 Å². The Morgan fingerprint density at radius 3 is 2.21 bits per heavy atom. The molecule has 0 aliphatic carbocycles. The summed E-state index contributed by atoms with van der Waals surface area (Å²) in [6.45, 7) is 3.13. The third-order valence-corrected chi connectivity index (χ3v) is 6.42. The monoisotopic (exact) mass is 445 g/mol. The van der Waals surface area contributed by atoms with Crippen LogP contribution >= 0.6 is 0 Å². The first kappa shape index (κ1) is 23.0. The van der Waals surface area contributed by atoms with Gasteiger partial charge >= 0.3 is 6.03 Å².